The number of nitrogens with one attached hydrogen (secondary N) is 1. The number of nitrogens with zero attached hydrogens (tertiary/aromatic N) is 2. The van der Waals surface area contributed by atoms with Crippen molar-refractivity contribution in [2.24, 2.45) is 7.05 Å². The maximum absolute atomic E-state index is 11.7. The smallest absolute Gasteiger partial charge is 0.341 e. The first-order valence-electron chi connectivity index (χ1n) is 6.50. The molecule has 0 atom stereocenters. The molecule has 0 saturated heterocycles. The number of carbonyl (C=O) groups excluding carboxylic acids is 1. The van der Waals surface area contributed by atoms with E-state index in [1.54, 1.807) is 25.6 Å². The number of hydrogen-bond acceptors (Lipinski definition) is 6. The van der Waals surface area contributed by atoms with E-state index in [1.165, 1.54) is 6.20 Å². The highest BCUT2D eigenvalue weighted by Gasteiger charge is 2.16. The molecule has 0 amide bonds. The van der Waals surface area contributed by atoms with Crippen molar-refractivity contribution in [1.29, 1.82) is 0 Å². The summed E-state index contributed by atoms with van der Waals surface area (Å²) in [5.41, 5.74) is 1.08. The lowest BCUT2D eigenvalue weighted by Gasteiger charge is -2.08. The Labute approximate surface area is 119 Å². The highest BCUT2D eigenvalue weighted by Crippen LogP contribution is 2.09. The predicted octanol–water partition coefficient (Wildman–Crippen LogP) is 0.121. The second kappa shape index (κ2) is 7.39. The van der Waals surface area contributed by atoms with Gasteiger partial charge in [0.2, 0.25) is 0 Å². The Morgan fingerprint density at radius 1 is 1.45 bits per heavy atom. The third-order valence-corrected chi connectivity index (χ3v) is 4.58. The molecule has 1 rings (SSSR count). The summed E-state index contributed by atoms with van der Waals surface area (Å²) in [7, 11) is -1.26. The van der Waals surface area contributed by atoms with E-state index in [1.807, 2.05) is 0 Å². The minimum Gasteiger partial charge on any atom is -0.462 e. The van der Waals surface area contributed by atoms with Crippen LogP contribution in [0.1, 0.15) is 29.9 Å². The number of aromatic nitrogens is 2. The minimum absolute atomic E-state index is 0.0795. The van der Waals surface area contributed by atoms with Gasteiger partial charge >= 0.3 is 5.97 Å². The Bertz CT molecular complexity index is 551. The summed E-state index contributed by atoms with van der Waals surface area (Å²) in [6.45, 7) is 4.36. The van der Waals surface area contributed by atoms with Crippen LogP contribution in [0.2, 0.25) is 0 Å². The average molecular weight is 303 g/mol. The largest absolute Gasteiger partial charge is 0.462 e. The third-order valence-electron chi connectivity index (χ3n) is 2.88. The maximum Gasteiger partial charge on any atom is 0.341 e. The monoisotopic (exact) mass is 303 g/mol. The van der Waals surface area contributed by atoms with Crippen molar-refractivity contribution in [2.45, 2.75) is 20.4 Å². The van der Waals surface area contributed by atoms with Gasteiger partial charge in [0.15, 0.2) is 9.84 Å². The highest BCUT2D eigenvalue weighted by molar-refractivity contribution is 7.91. The van der Waals surface area contributed by atoms with Crippen LogP contribution < -0.4 is 5.32 Å². The molecule has 0 aromatic carbocycles. The topological polar surface area (TPSA) is 90.3 Å². The lowest BCUT2D eigenvalue weighted by molar-refractivity contribution is 0.0524. The summed E-state index contributed by atoms with van der Waals surface area (Å²) >= 11 is 0. The van der Waals surface area contributed by atoms with Crippen molar-refractivity contribution in [3.8, 4) is 0 Å². The third kappa shape index (κ3) is 4.61. The van der Waals surface area contributed by atoms with Gasteiger partial charge in [-0.15, -0.1) is 0 Å². The molecule has 0 saturated carbocycles. The molecule has 0 spiro atoms. The van der Waals surface area contributed by atoms with Gasteiger partial charge in [0.1, 0.15) is 5.56 Å². The molecular formula is C12H21N3O4S. The Morgan fingerprint density at radius 3 is 2.75 bits per heavy atom. The molecule has 1 aromatic rings. The zero-order valence-corrected chi connectivity index (χ0v) is 12.9. The molecule has 0 aliphatic heterocycles. The molecule has 1 N–H and O–H groups in total. The molecule has 0 fully saturated rings. The molecule has 0 aliphatic carbocycles. The van der Waals surface area contributed by atoms with E-state index in [4.69, 9.17) is 4.74 Å². The van der Waals surface area contributed by atoms with Gasteiger partial charge in [-0.05, 0) is 6.92 Å². The maximum atomic E-state index is 11.7. The molecule has 0 unspecified atom stereocenters. The Kier molecular flexibility index (Phi) is 6.15. The predicted molar refractivity (Wildman–Crippen MR) is 75.2 cm³/mol. The van der Waals surface area contributed by atoms with Gasteiger partial charge in [-0.2, -0.15) is 5.10 Å². The first-order chi connectivity index (χ1) is 9.41. The number of hydrogen-bond donors (Lipinski definition) is 1. The van der Waals surface area contributed by atoms with Gasteiger partial charge in [-0.25, -0.2) is 13.2 Å². The lowest BCUT2D eigenvalue weighted by atomic mass is 10.2. The Balaban J connectivity index is 2.60. The zero-order valence-electron chi connectivity index (χ0n) is 12.0. The van der Waals surface area contributed by atoms with Crippen LogP contribution in [-0.2, 0) is 28.2 Å². The number of aryl methyl sites for hydroxylation is 1. The first-order valence-corrected chi connectivity index (χ1v) is 8.32. The van der Waals surface area contributed by atoms with Crippen LogP contribution in [0.3, 0.4) is 0 Å². The van der Waals surface area contributed by atoms with Crippen molar-refractivity contribution in [3.05, 3.63) is 17.5 Å². The molecule has 1 aromatic heterocycles. The van der Waals surface area contributed by atoms with Gasteiger partial charge < -0.3 is 10.1 Å². The van der Waals surface area contributed by atoms with E-state index in [9.17, 15) is 13.2 Å². The molecule has 1 heterocycles. The van der Waals surface area contributed by atoms with Crippen molar-refractivity contribution in [3.63, 3.8) is 0 Å². The van der Waals surface area contributed by atoms with E-state index in [0.717, 1.165) is 0 Å². The number of ether oxygens (including phenoxy) is 1. The van der Waals surface area contributed by atoms with Gasteiger partial charge in [0.25, 0.3) is 0 Å². The van der Waals surface area contributed by atoms with E-state index >= 15 is 0 Å². The van der Waals surface area contributed by atoms with Crippen molar-refractivity contribution in [2.75, 3.05) is 24.7 Å². The van der Waals surface area contributed by atoms with E-state index in [-0.39, 0.29) is 11.5 Å². The van der Waals surface area contributed by atoms with Crippen LogP contribution in [0, 0.1) is 0 Å². The normalized spacial score (nSPS) is 11.6. The molecular weight excluding hydrogens is 282 g/mol. The fourth-order valence-electron chi connectivity index (χ4n) is 1.63. The fraction of sp³-hybridized carbons (Fsp3) is 0.667. The summed E-state index contributed by atoms with van der Waals surface area (Å²) in [6.07, 6.45) is 1.46. The highest BCUT2D eigenvalue weighted by atomic mass is 32.2. The second-order valence-corrected chi connectivity index (χ2v) is 6.73. The van der Waals surface area contributed by atoms with Gasteiger partial charge in [0, 0.05) is 25.9 Å². The average Bonchev–Trinajstić information content (AvgIpc) is 2.76. The molecule has 0 radical (unpaired) electrons. The molecule has 0 bridgehead atoms. The van der Waals surface area contributed by atoms with Crippen LogP contribution in [-0.4, -0.2) is 48.8 Å². The SMILES string of the molecule is CCOC(=O)c1cnn(C)c1CNCCS(=O)(=O)CC. The van der Waals surface area contributed by atoms with Crippen molar-refractivity contribution >= 4 is 15.8 Å². The second-order valence-electron chi connectivity index (χ2n) is 4.26. The molecule has 0 aliphatic rings. The van der Waals surface area contributed by atoms with Crippen molar-refractivity contribution < 1.29 is 17.9 Å². The van der Waals surface area contributed by atoms with Crippen LogP contribution in [0.15, 0.2) is 6.20 Å². The van der Waals surface area contributed by atoms with Crippen LogP contribution in [0.25, 0.3) is 0 Å². The number of esters is 1. The van der Waals surface area contributed by atoms with Gasteiger partial charge in [-0.3, -0.25) is 4.68 Å². The lowest BCUT2D eigenvalue weighted by Crippen LogP contribution is -2.25. The van der Waals surface area contributed by atoms with Crippen LogP contribution >= 0.6 is 0 Å². The van der Waals surface area contributed by atoms with Gasteiger partial charge in [0.05, 0.1) is 24.3 Å². The quantitative estimate of drug-likeness (QED) is 0.542. The summed E-state index contributed by atoms with van der Waals surface area (Å²) in [4.78, 5) is 11.7. The standard InChI is InChI=1S/C12H21N3O4S/c1-4-19-12(16)10-8-14-15(3)11(10)9-13-6-7-20(17,18)5-2/h8,13H,4-7,9H2,1-3H3. The Hall–Kier alpha value is -1.41. The number of rotatable bonds is 8. The molecule has 7 nitrogen and oxygen atoms in total. The summed E-state index contributed by atoms with van der Waals surface area (Å²) < 4.78 is 29.2. The summed E-state index contributed by atoms with van der Waals surface area (Å²) in [5, 5.41) is 7.03. The summed E-state index contributed by atoms with van der Waals surface area (Å²) in [6, 6.07) is 0. The first kappa shape index (κ1) is 16.6. The number of sulfone groups is 1. The van der Waals surface area contributed by atoms with E-state index < -0.39 is 15.8 Å². The molecule has 8 heteroatoms. The Morgan fingerprint density at radius 2 is 2.15 bits per heavy atom. The minimum atomic E-state index is -2.98. The van der Waals surface area contributed by atoms with Crippen molar-refractivity contribution in [1.82, 2.24) is 15.1 Å². The molecule has 20 heavy (non-hydrogen) atoms. The van der Waals surface area contributed by atoms with Crippen LogP contribution in [0.5, 0.6) is 0 Å². The van der Waals surface area contributed by atoms with E-state index in [2.05, 4.69) is 10.4 Å². The van der Waals surface area contributed by atoms with Crippen LogP contribution in [0.4, 0.5) is 0 Å². The number of carbonyl (C=O) groups is 1. The summed E-state index contributed by atoms with van der Waals surface area (Å²) in [5.74, 6) is -0.205. The van der Waals surface area contributed by atoms with Gasteiger partial charge in [-0.1, -0.05) is 6.92 Å². The van der Waals surface area contributed by atoms with E-state index in [0.29, 0.717) is 31.0 Å². The molecule has 114 valence electrons. The fourth-order valence-corrected chi connectivity index (χ4v) is 2.37. The zero-order chi connectivity index (χ0) is 15.2.